The van der Waals surface area contributed by atoms with Crippen LogP contribution < -0.4 is 5.32 Å². The first-order chi connectivity index (χ1) is 7.45. The zero-order chi connectivity index (χ0) is 12.3. The number of nitro groups is 1. The van der Waals surface area contributed by atoms with Crippen LogP contribution in [0.4, 0.5) is 15.8 Å². The van der Waals surface area contributed by atoms with Gasteiger partial charge in [0.1, 0.15) is 5.69 Å². The first kappa shape index (κ1) is 11.9. The third-order valence-electron chi connectivity index (χ3n) is 1.82. The Kier molecular flexibility index (Phi) is 3.40. The molecule has 1 aromatic carbocycles. The second kappa shape index (κ2) is 4.57. The molecule has 1 aromatic rings. The van der Waals surface area contributed by atoms with E-state index in [-0.39, 0.29) is 17.3 Å². The van der Waals surface area contributed by atoms with Crippen LogP contribution in [0.25, 0.3) is 0 Å². The van der Waals surface area contributed by atoms with E-state index < -0.39 is 16.4 Å². The van der Waals surface area contributed by atoms with Gasteiger partial charge in [-0.1, -0.05) is 0 Å². The lowest BCUT2D eigenvalue weighted by molar-refractivity contribution is -0.386. The van der Waals surface area contributed by atoms with Crippen LogP contribution in [0.15, 0.2) is 12.1 Å². The number of benzene rings is 1. The Balaban J connectivity index is 3.35. The number of halogens is 1. The Morgan fingerprint density at radius 1 is 1.56 bits per heavy atom. The van der Waals surface area contributed by atoms with Crippen molar-refractivity contribution in [3.63, 3.8) is 0 Å². The van der Waals surface area contributed by atoms with E-state index in [0.717, 1.165) is 6.07 Å². The molecule has 0 bridgehead atoms. The third-order valence-corrected chi connectivity index (χ3v) is 1.82. The summed E-state index contributed by atoms with van der Waals surface area (Å²) in [5, 5.41) is 22.0. The van der Waals surface area contributed by atoms with E-state index in [9.17, 15) is 14.5 Å². The van der Waals surface area contributed by atoms with Gasteiger partial charge in [-0.2, -0.15) is 9.65 Å². The second-order valence-electron chi connectivity index (χ2n) is 3.52. The van der Waals surface area contributed by atoms with Crippen LogP contribution >= 0.6 is 0 Å². The largest absolute Gasteiger partial charge is 0.377 e. The minimum atomic E-state index is -1.01. The highest BCUT2D eigenvalue weighted by atomic mass is 19.1. The quantitative estimate of drug-likeness (QED) is 0.630. The van der Waals surface area contributed by atoms with E-state index in [1.54, 1.807) is 19.9 Å². The van der Waals surface area contributed by atoms with Gasteiger partial charge in [0.25, 0.3) is 0 Å². The molecule has 0 saturated heterocycles. The molecule has 0 amide bonds. The number of anilines is 1. The number of hydrogen-bond acceptors (Lipinski definition) is 4. The molecule has 1 N–H and O–H groups in total. The van der Waals surface area contributed by atoms with Crippen molar-refractivity contribution < 1.29 is 9.31 Å². The molecule has 0 unspecified atom stereocenters. The summed E-state index contributed by atoms with van der Waals surface area (Å²) in [7, 11) is 0. The van der Waals surface area contributed by atoms with Crippen molar-refractivity contribution in [2.24, 2.45) is 0 Å². The van der Waals surface area contributed by atoms with Gasteiger partial charge in [-0.3, -0.25) is 10.1 Å². The molecule has 0 spiro atoms. The molecule has 1 rings (SSSR count). The lowest BCUT2D eigenvalue weighted by Crippen LogP contribution is -2.12. The summed E-state index contributed by atoms with van der Waals surface area (Å²) < 4.78 is 13.4. The Morgan fingerprint density at radius 3 is 2.62 bits per heavy atom. The van der Waals surface area contributed by atoms with E-state index in [2.05, 4.69) is 5.32 Å². The number of hydrogen-bond donors (Lipinski definition) is 1. The second-order valence-corrected chi connectivity index (χ2v) is 3.52. The molecule has 0 heterocycles. The van der Waals surface area contributed by atoms with Crippen molar-refractivity contribution in [2.45, 2.75) is 19.9 Å². The zero-order valence-electron chi connectivity index (χ0n) is 8.82. The Labute approximate surface area is 91.7 Å². The standard InChI is InChI=1S/C10H10FN3O2/c1-6(2)13-9-4-7(5-12)3-8(11)10(9)14(15)16/h3-4,6,13H,1-2H3. The number of nitro benzene ring substituents is 1. The van der Waals surface area contributed by atoms with Gasteiger partial charge in [0, 0.05) is 6.04 Å². The van der Waals surface area contributed by atoms with Crippen molar-refractivity contribution in [2.75, 3.05) is 5.32 Å². The lowest BCUT2D eigenvalue weighted by atomic mass is 10.1. The van der Waals surface area contributed by atoms with Crippen LogP contribution in [0, 0.1) is 27.3 Å². The summed E-state index contributed by atoms with van der Waals surface area (Å²) in [5.74, 6) is -1.01. The molecule has 0 saturated carbocycles. The van der Waals surface area contributed by atoms with Crippen molar-refractivity contribution in [3.05, 3.63) is 33.6 Å². The molecule has 0 atom stereocenters. The first-order valence-corrected chi connectivity index (χ1v) is 4.60. The molecule has 0 aliphatic heterocycles. The van der Waals surface area contributed by atoms with E-state index >= 15 is 0 Å². The van der Waals surface area contributed by atoms with Crippen molar-refractivity contribution >= 4 is 11.4 Å². The normalized spacial score (nSPS) is 9.94. The third kappa shape index (κ3) is 2.45. The van der Waals surface area contributed by atoms with Crippen molar-refractivity contribution in [1.82, 2.24) is 0 Å². The molecule has 6 heteroatoms. The molecule has 5 nitrogen and oxygen atoms in total. The zero-order valence-corrected chi connectivity index (χ0v) is 8.82. The van der Waals surface area contributed by atoms with Gasteiger partial charge < -0.3 is 5.32 Å². The van der Waals surface area contributed by atoms with Crippen molar-refractivity contribution in [3.8, 4) is 6.07 Å². The van der Waals surface area contributed by atoms with Crippen LogP contribution in [0.2, 0.25) is 0 Å². The van der Waals surface area contributed by atoms with Crippen LogP contribution in [-0.2, 0) is 0 Å². The van der Waals surface area contributed by atoms with Crippen LogP contribution in [0.5, 0.6) is 0 Å². The lowest BCUT2D eigenvalue weighted by Gasteiger charge is -2.10. The fourth-order valence-corrected chi connectivity index (χ4v) is 1.27. The summed E-state index contributed by atoms with van der Waals surface area (Å²) in [5.41, 5.74) is -0.560. The predicted molar refractivity (Wildman–Crippen MR) is 56.5 cm³/mol. The average molecular weight is 223 g/mol. The summed E-state index contributed by atoms with van der Waals surface area (Å²) in [4.78, 5) is 9.86. The summed E-state index contributed by atoms with van der Waals surface area (Å²) >= 11 is 0. The topological polar surface area (TPSA) is 79.0 Å². The predicted octanol–water partition coefficient (Wildman–Crippen LogP) is 2.43. The highest BCUT2D eigenvalue weighted by molar-refractivity contribution is 5.65. The Morgan fingerprint density at radius 2 is 2.19 bits per heavy atom. The van der Waals surface area contributed by atoms with Crippen LogP contribution in [0.1, 0.15) is 19.4 Å². The molecule has 0 fully saturated rings. The van der Waals surface area contributed by atoms with Crippen molar-refractivity contribution in [1.29, 1.82) is 5.26 Å². The van der Waals surface area contributed by atoms with E-state index in [1.165, 1.54) is 6.07 Å². The maximum Gasteiger partial charge on any atom is 0.327 e. The van der Waals surface area contributed by atoms with Gasteiger partial charge in [0.15, 0.2) is 0 Å². The van der Waals surface area contributed by atoms with Gasteiger partial charge in [-0.15, -0.1) is 0 Å². The van der Waals surface area contributed by atoms with E-state index in [4.69, 9.17) is 5.26 Å². The smallest absolute Gasteiger partial charge is 0.327 e. The maximum atomic E-state index is 13.4. The molecule has 0 radical (unpaired) electrons. The van der Waals surface area contributed by atoms with E-state index in [1.807, 2.05) is 0 Å². The average Bonchev–Trinajstić information content (AvgIpc) is 2.14. The van der Waals surface area contributed by atoms with Gasteiger partial charge >= 0.3 is 5.69 Å². The highest BCUT2D eigenvalue weighted by Crippen LogP contribution is 2.29. The fourth-order valence-electron chi connectivity index (χ4n) is 1.27. The minimum absolute atomic E-state index is 0.0246. The number of nitrogens with one attached hydrogen (secondary N) is 1. The fraction of sp³-hybridized carbons (Fsp3) is 0.300. The number of nitrogens with zero attached hydrogens (tertiary/aromatic N) is 2. The molecule has 16 heavy (non-hydrogen) atoms. The molecule has 0 aromatic heterocycles. The van der Waals surface area contributed by atoms with Gasteiger partial charge in [0.2, 0.25) is 5.82 Å². The highest BCUT2D eigenvalue weighted by Gasteiger charge is 2.22. The Hall–Kier alpha value is -2.16. The minimum Gasteiger partial charge on any atom is -0.377 e. The molecular formula is C10H10FN3O2. The number of nitriles is 1. The van der Waals surface area contributed by atoms with Gasteiger partial charge in [-0.05, 0) is 26.0 Å². The first-order valence-electron chi connectivity index (χ1n) is 4.60. The maximum absolute atomic E-state index is 13.4. The summed E-state index contributed by atoms with van der Waals surface area (Å²) in [6.07, 6.45) is 0. The summed E-state index contributed by atoms with van der Waals surface area (Å²) in [6.45, 7) is 3.53. The van der Waals surface area contributed by atoms with Gasteiger partial charge in [-0.25, -0.2) is 0 Å². The van der Waals surface area contributed by atoms with Gasteiger partial charge in [0.05, 0.1) is 16.6 Å². The molecule has 84 valence electrons. The van der Waals surface area contributed by atoms with Crippen LogP contribution in [0.3, 0.4) is 0 Å². The van der Waals surface area contributed by atoms with Crippen LogP contribution in [-0.4, -0.2) is 11.0 Å². The van der Waals surface area contributed by atoms with E-state index in [0.29, 0.717) is 0 Å². The molecule has 0 aliphatic carbocycles. The molecular weight excluding hydrogens is 213 g/mol. The monoisotopic (exact) mass is 223 g/mol. The summed E-state index contributed by atoms with van der Waals surface area (Å²) in [6, 6.07) is 3.77. The Bertz CT molecular complexity index is 466. The SMILES string of the molecule is CC(C)Nc1cc(C#N)cc(F)c1[N+](=O)[O-]. The molecule has 0 aliphatic rings. The number of rotatable bonds is 3.